The first-order chi connectivity index (χ1) is 13.4. The van der Waals surface area contributed by atoms with Crippen LogP contribution in [-0.2, 0) is 19.5 Å². The fourth-order valence-corrected chi connectivity index (χ4v) is 4.46. The topological polar surface area (TPSA) is 58.1 Å². The highest BCUT2D eigenvalue weighted by Crippen LogP contribution is 2.21. The van der Waals surface area contributed by atoms with Crippen LogP contribution >= 0.6 is 22.7 Å². The molecule has 0 spiro atoms. The number of thiophene rings is 1. The zero-order chi connectivity index (χ0) is 20.1. The predicted octanol–water partition coefficient (Wildman–Crippen LogP) is 5.13. The Hall–Kier alpha value is -2.09. The monoisotopic (exact) mass is 414 g/mol. The molecule has 1 N–H and O–H groups in total. The number of carbonyl (C=O) groups excluding carboxylic acids is 1. The lowest BCUT2D eigenvalue weighted by atomic mass is 10.1. The van der Waals surface area contributed by atoms with E-state index in [0.717, 1.165) is 23.7 Å². The van der Waals surface area contributed by atoms with Gasteiger partial charge >= 0.3 is 0 Å². The van der Waals surface area contributed by atoms with Crippen molar-refractivity contribution >= 4 is 34.3 Å². The van der Waals surface area contributed by atoms with Crippen LogP contribution in [0.4, 0.5) is 5.69 Å². The van der Waals surface area contributed by atoms with Gasteiger partial charge in [0.2, 0.25) is 5.01 Å². The minimum atomic E-state index is -0.210. The van der Waals surface area contributed by atoms with Gasteiger partial charge in [0.05, 0.1) is 6.54 Å². The molecule has 0 atom stereocenters. The number of aromatic nitrogens is 2. The third-order valence-electron chi connectivity index (χ3n) is 4.50. The number of nitrogens with zero attached hydrogens (tertiary/aromatic N) is 3. The van der Waals surface area contributed by atoms with Crippen LogP contribution in [0.1, 0.15) is 50.9 Å². The number of hydrogen-bond acceptors (Lipinski definition) is 6. The number of amides is 1. The third-order valence-corrected chi connectivity index (χ3v) is 6.40. The van der Waals surface area contributed by atoms with E-state index in [2.05, 4.69) is 60.2 Å². The molecule has 1 amide bonds. The van der Waals surface area contributed by atoms with Gasteiger partial charge in [-0.05, 0) is 57.0 Å². The minimum Gasteiger partial charge on any atom is -0.320 e. The van der Waals surface area contributed by atoms with Crippen molar-refractivity contribution in [3.63, 3.8) is 0 Å². The van der Waals surface area contributed by atoms with E-state index in [4.69, 9.17) is 0 Å². The lowest BCUT2D eigenvalue weighted by Crippen LogP contribution is -2.29. The molecule has 0 radical (unpaired) electrons. The normalized spacial score (nSPS) is 11.4. The van der Waals surface area contributed by atoms with Gasteiger partial charge in [-0.1, -0.05) is 30.4 Å². The van der Waals surface area contributed by atoms with Crippen LogP contribution in [0.5, 0.6) is 0 Å². The van der Waals surface area contributed by atoms with Gasteiger partial charge in [0.1, 0.15) is 5.01 Å². The first kappa shape index (κ1) is 20.6. The number of benzene rings is 1. The Balaban J connectivity index is 1.63. The zero-order valence-corrected chi connectivity index (χ0v) is 18.4. The summed E-state index contributed by atoms with van der Waals surface area (Å²) in [6.07, 6.45) is 0.978. The van der Waals surface area contributed by atoms with Crippen LogP contribution in [0.15, 0.2) is 36.4 Å². The second-order valence-corrected chi connectivity index (χ2v) is 9.45. The van der Waals surface area contributed by atoms with E-state index in [0.29, 0.717) is 17.6 Å². The highest BCUT2D eigenvalue weighted by molar-refractivity contribution is 7.13. The lowest BCUT2D eigenvalue weighted by molar-refractivity contribution is 0.102. The van der Waals surface area contributed by atoms with Gasteiger partial charge in [-0.2, -0.15) is 0 Å². The molecule has 5 nitrogen and oxygen atoms in total. The Bertz CT molecular complexity index is 915. The van der Waals surface area contributed by atoms with Crippen LogP contribution in [0, 0.1) is 6.92 Å². The van der Waals surface area contributed by atoms with E-state index >= 15 is 0 Å². The van der Waals surface area contributed by atoms with Crippen molar-refractivity contribution in [3.8, 4) is 0 Å². The summed E-state index contributed by atoms with van der Waals surface area (Å²) in [4.78, 5) is 17.5. The Kier molecular flexibility index (Phi) is 6.93. The zero-order valence-electron chi connectivity index (χ0n) is 16.7. The maximum Gasteiger partial charge on any atom is 0.286 e. The molecule has 0 saturated heterocycles. The van der Waals surface area contributed by atoms with E-state index in [1.54, 1.807) is 0 Å². The maximum atomic E-state index is 12.5. The van der Waals surface area contributed by atoms with Crippen LogP contribution in [0.25, 0.3) is 0 Å². The fraction of sp³-hybridized carbons (Fsp3) is 0.381. The Morgan fingerprint density at radius 1 is 1.07 bits per heavy atom. The van der Waals surface area contributed by atoms with Gasteiger partial charge in [0, 0.05) is 28.0 Å². The van der Waals surface area contributed by atoms with E-state index in [1.807, 2.05) is 35.6 Å². The molecule has 148 valence electrons. The molecular formula is C21H26N4OS2. The standard InChI is InChI=1S/C21H26N4OS2/c1-5-16-7-9-17(10-8-16)22-20(26)21-24-23-19(28-21)13-25(14(2)3)12-18-11-6-15(4)27-18/h6-11,14H,5,12-13H2,1-4H3,(H,22,26). The summed E-state index contributed by atoms with van der Waals surface area (Å²) in [7, 11) is 0. The van der Waals surface area contributed by atoms with Crippen molar-refractivity contribution in [2.75, 3.05) is 5.32 Å². The van der Waals surface area contributed by atoms with Crippen molar-refractivity contribution in [3.05, 3.63) is 61.7 Å². The second kappa shape index (κ2) is 9.41. The Morgan fingerprint density at radius 2 is 1.82 bits per heavy atom. The molecular weight excluding hydrogens is 388 g/mol. The highest BCUT2D eigenvalue weighted by atomic mass is 32.1. The number of hydrogen-bond donors (Lipinski definition) is 1. The number of carbonyl (C=O) groups is 1. The summed E-state index contributed by atoms with van der Waals surface area (Å²) < 4.78 is 0. The van der Waals surface area contributed by atoms with Gasteiger partial charge < -0.3 is 5.32 Å². The molecule has 7 heteroatoms. The summed E-state index contributed by atoms with van der Waals surface area (Å²) in [6, 6.07) is 12.6. The van der Waals surface area contributed by atoms with Crippen LogP contribution in [0.2, 0.25) is 0 Å². The molecule has 3 aromatic rings. The molecule has 28 heavy (non-hydrogen) atoms. The smallest absolute Gasteiger partial charge is 0.286 e. The fourth-order valence-electron chi connectivity index (χ4n) is 2.78. The third kappa shape index (κ3) is 5.47. The summed E-state index contributed by atoms with van der Waals surface area (Å²) in [5, 5.41) is 12.5. The summed E-state index contributed by atoms with van der Waals surface area (Å²) in [5.74, 6) is -0.210. The average Bonchev–Trinajstić information content (AvgIpc) is 3.31. The molecule has 0 aliphatic rings. The molecule has 0 unspecified atom stereocenters. The van der Waals surface area contributed by atoms with Gasteiger partial charge in [0.25, 0.3) is 5.91 Å². The minimum absolute atomic E-state index is 0.210. The van der Waals surface area contributed by atoms with Crippen molar-refractivity contribution in [2.45, 2.75) is 53.2 Å². The van der Waals surface area contributed by atoms with Gasteiger partial charge in [0.15, 0.2) is 0 Å². The van der Waals surface area contributed by atoms with Gasteiger partial charge in [-0.15, -0.1) is 21.5 Å². The quantitative estimate of drug-likeness (QED) is 0.555. The summed E-state index contributed by atoms with van der Waals surface area (Å²) in [5.41, 5.74) is 2.02. The van der Waals surface area contributed by atoms with Gasteiger partial charge in [-0.25, -0.2) is 0 Å². The van der Waals surface area contributed by atoms with Crippen LogP contribution in [0.3, 0.4) is 0 Å². The van der Waals surface area contributed by atoms with Crippen LogP contribution < -0.4 is 5.32 Å². The largest absolute Gasteiger partial charge is 0.320 e. The van der Waals surface area contributed by atoms with Crippen molar-refractivity contribution in [1.29, 1.82) is 0 Å². The highest BCUT2D eigenvalue weighted by Gasteiger charge is 2.17. The van der Waals surface area contributed by atoms with Crippen LogP contribution in [-0.4, -0.2) is 27.0 Å². The maximum absolute atomic E-state index is 12.5. The number of aryl methyl sites for hydroxylation is 2. The number of anilines is 1. The number of nitrogens with one attached hydrogen (secondary N) is 1. The molecule has 2 aromatic heterocycles. The first-order valence-electron chi connectivity index (χ1n) is 9.46. The Morgan fingerprint density at radius 3 is 2.43 bits per heavy atom. The summed E-state index contributed by atoms with van der Waals surface area (Å²) in [6.45, 7) is 10.1. The second-order valence-electron chi connectivity index (χ2n) is 7.02. The van der Waals surface area contributed by atoms with Crippen molar-refractivity contribution < 1.29 is 4.79 Å². The molecule has 0 saturated carbocycles. The Labute approximate surface area is 174 Å². The molecule has 0 aliphatic heterocycles. The lowest BCUT2D eigenvalue weighted by Gasteiger charge is -2.24. The summed E-state index contributed by atoms with van der Waals surface area (Å²) >= 11 is 3.18. The van der Waals surface area contributed by atoms with Crippen molar-refractivity contribution in [1.82, 2.24) is 15.1 Å². The van der Waals surface area contributed by atoms with Crippen molar-refractivity contribution in [2.24, 2.45) is 0 Å². The van der Waals surface area contributed by atoms with Gasteiger partial charge in [-0.3, -0.25) is 9.69 Å². The van der Waals surface area contributed by atoms with E-state index in [1.165, 1.54) is 26.7 Å². The number of rotatable bonds is 8. The first-order valence-corrected chi connectivity index (χ1v) is 11.1. The molecule has 2 heterocycles. The molecule has 1 aromatic carbocycles. The molecule has 0 bridgehead atoms. The average molecular weight is 415 g/mol. The molecule has 0 aliphatic carbocycles. The van der Waals surface area contributed by atoms with E-state index < -0.39 is 0 Å². The predicted molar refractivity (Wildman–Crippen MR) is 117 cm³/mol. The molecule has 3 rings (SSSR count). The van der Waals surface area contributed by atoms with E-state index in [9.17, 15) is 4.79 Å². The molecule has 0 fully saturated rings. The van der Waals surface area contributed by atoms with E-state index in [-0.39, 0.29) is 5.91 Å². The SMILES string of the molecule is CCc1ccc(NC(=O)c2nnc(CN(Cc3ccc(C)s3)C(C)C)s2)cc1.